The maximum Gasteiger partial charge on any atom is 0.0394 e. The summed E-state index contributed by atoms with van der Waals surface area (Å²) in [6.45, 7) is 0.865. The molecule has 0 atom stereocenters. The standard InChI is InChI=1S/C9H13N.ClH/c1-10(2)8-9-6-4-3-5-7-9;/h3-7H,8H2,1-2H3;1H/i1D;. The summed E-state index contributed by atoms with van der Waals surface area (Å²) >= 11 is 0. The van der Waals surface area contributed by atoms with Gasteiger partial charge in [-0.2, -0.15) is 0 Å². The van der Waals surface area contributed by atoms with Crippen molar-refractivity contribution < 1.29 is 1.37 Å². The summed E-state index contributed by atoms with van der Waals surface area (Å²) in [5.74, 6) is 0. The molecule has 1 aromatic rings. The first-order valence-electron chi connectivity index (χ1n) is 4.05. The second-order valence-electron chi connectivity index (χ2n) is 2.50. The Kier molecular flexibility index (Phi) is 4.02. The average molecular weight is 173 g/mol. The summed E-state index contributed by atoms with van der Waals surface area (Å²) in [6, 6.07) is 10.2. The fourth-order valence-electron chi connectivity index (χ4n) is 0.895. The SMILES string of the molecule is Cl.[2H]CN(C)Cc1ccccc1. The van der Waals surface area contributed by atoms with Crippen molar-refractivity contribution in [2.45, 2.75) is 6.54 Å². The van der Waals surface area contributed by atoms with Crippen molar-refractivity contribution in [2.75, 3.05) is 14.1 Å². The van der Waals surface area contributed by atoms with Gasteiger partial charge in [0.25, 0.3) is 0 Å². The lowest BCUT2D eigenvalue weighted by molar-refractivity contribution is 0.402. The molecule has 1 nitrogen and oxygen atoms in total. The predicted octanol–water partition coefficient (Wildman–Crippen LogP) is 2.17. The highest BCUT2D eigenvalue weighted by molar-refractivity contribution is 5.85. The Morgan fingerprint density at radius 1 is 1.36 bits per heavy atom. The largest absolute Gasteiger partial charge is 0.305 e. The van der Waals surface area contributed by atoms with E-state index in [9.17, 15) is 0 Å². The number of benzene rings is 1. The fraction of sp³-hybridized carbons (Fsp3) is 0.333. The highest BCUT2D eigenvalue weighted by atomic mass is 35.5. The molecule has 0 aliphatic carbocycles. The Morgan fingerprint density at radius 2 is 2.00 bits per heavy atom. The minimum absolute atomic E-state index is 0. The molecule has 0 heterocycles. The maximum absolute atomic E-state index is 7.08. The molecular formula is C9H14ClN. The van der Waals surface area contributed by atoms with Crippen molar-refractivity contribution in [1.82, 2.24) is 4.90 Å². The summed E-state index contributed by atoms with van der Waals surface area (Å²) in [4.78, 5) is 1.95. The third kappa shape index (κ3) is 4.02. The van der Waals surface area contributed by atoms with Gasteiger partial charge in [-0.3, -0.25) is 0 Å². The first kappa shape index (κ1) is 8.57. The summed E-state index contributed by atoms with van der Waals surface area (Å²) in [5.41, 5.74) is 1.27. The van der Waals surface area contributed by atoms with E-state index >= 15 is 0 Å². The molecule has 1 aromatic carbocycles. The van der Waals surface area contributed by atoms with E-state index in [0.717, 1.165) is 6.54 Å². The molecule has 2 heteroatoms. The van der Waals surface area contributed by atoms with Crippen LogP contribution in [0.1, 0.15) is 6.93 Å². The van der Waals surface area contributed by atoms with Gasteiger partial charge in [-0.25, -0.2) is 0 Å². The van der Waals surface area contributed by atoms with Crippen LogP contribution in [0.15, 0.2) is 30.3 Å². The van der Waals surface area contributed by atoms with E-state index in [0.29, 0.717) is 7.02 Å². The first-order valence-corrected chi connectivity index (χ1v) is 3.34. The minimum atomic E-state index is 0. The smallest absolute Gasteiger partial charge is 0.0394 e. The average Bonchev–Trinajstić information content (AvgIpc) is 2.06. The van der Waals surface area contributed by atoms with Crippen LogP contribution in [0.25, 0.3) is 0 Å². The summed E-state index contributed by atoms with van der Waals surface area (Å²) < 4.78 is 7.08. The molecule has 62 valence electrons. The number of nitrogens with zero attached hydrogens (tertiary/aromatic N) is 1. The highest BCUT2D eigenvalue weighted by Crippen LogP contribution is 1.99. The molecule has 0 aliphatic rings. The van der Waals surface area contributed by atoms with Crippen molar-refractivity contribution >= 4 is 12.4 Å². The summed E-state index contributed by atoms with van der Waals surface area (Å²) in [5, 5.41) is 0. The van der Waals surface area contributed by atoms with Gasteiger partial charge in [0, 0.05) is 7.92 Å². The Bertz CT molecular complexity index is 203. The van der Waals surface area contributed by atoms with Gasteiger partial charge < -0.3 is 4.90 Å². The van der Waals surface area contributed by atoms with Crippen LogP contribution < -0.4 is 0 Å². The maximum atomic E-state index is 7.08. The highest BCUT2D eigenvalue weighted by Gasteiger charge is 1.90. The molecule has 11 heavy (non-hydrogen) atoms. The third-order valence-electron chi connectivity index (χ3n) is 1.30. The van der Waals surface area contributed by atoms with Crippen LogP contribution in [0.4, 0.5) is 0 Å². The molecule has 0 radical (unpaired) electrons. The normalized spacial score (nSPS) is 10.5. The fourth-order valence-corrected chi connectivity index (χ4v) is 0.895. The quantitative estimate of drug-likeness (QED) is 0.661. The number of halogens is 1. The topological polar surface area (TPSA) is 3.24 Å². The molecule has 0 unspecified atom stereocenters. The zero-order chi connectivity index (χ0) is 8.10. The van der Waals surface area contributed by atoms with Gasteiger partial charge in [0.05, 0.1) is 0 Å². The van der Waals surface area contributed by atoms with Crippen LogP contribution in [-0.2, 0) is 6.54 Å². The van der Waals surface area contributed by atoms with E-state index in [2.05, 4.69) is 12.1 Å². The Morgan fingerprint density at radius 3 is 2.55 bits per heavy atom. The Labute approximate surface area is 75.8 Å². The zero-order valence-electron chi connectivity index (χ0n) is 7.66. The zero-order valence-corrected chi connectivity index (χ0v) is 7.47. The van der Waals surface area contributed by atoms with Crippen LogP contribution in [0, 0.1) is 0 Å². The van der Waals surface area contributed by atoms with Gasteiger partial charge in [-0.1, -0.05) is 30.3 Å². The van der Waals surface area contributed by atoms with Crippen molar-refractivity contribution in [3.63, 3.8) is 0 Å². The van der Waals surface area contributed by atoms with E-state index in [1.54, 1.807) is 0 Å². The Balaban J connectivity index is 0.00000121. The van der Waals surface area contributed by atoms with Gasteiger partial charge in [0.15, 0.2) is 0 Å². The van der Waals surface area contributed by atoms with E-state index in [-0.39, 0.29) is 12.4 Å². The van der Waals surface area contributed by atoms with Crippen molar-refractivity contribution in [1.29, 1.82) is 0 Å². The van der Waals surface area contributed by atoms with E-state index in [4.69, 9.17) is 1.37 Å². The van der Waals surface area contributed by atoms with Gasteiger partial charge in [-0.05, 0) is 19.6 Å². The van der Waals surface area contributed by atoms with Crippen LogP contribution in [0.5, 0.6) is 0 Å². The lowest BCUT2D eigenvalue weighted by atomic mass is 10.2. The van der Waals surface area contributed by atoms with Gasteiger partial charge in [0.1, 0.15) is 0 Å². The van der Waals surface area contributed by atoms with E-state index in [1.807, 2.05) is 30.1 Å². The van der Waals surface area contributed by atoms with E-state index < -0.39 is 0 Å². The second kappa shape index (κ2) is 5.16. The number of rotatable bonds is 2. The number of hydrogen-bond donors (Lipinski definition) is 0. The van der Waals surface area contributed by atoms with Gasteiger partial charge in [0.2, 0.25) is 0 Å². The molecule has 0 amide bonds. The van der Waals surface area contributed by atoms with Crippen LogP contribution in [0.3, 0.4) is 0 Å². The first-order chi connectivity index (χ1) is 5.33. The van der Waals surface area contributed by atoms with Crippen molar-refractivity contribution in [3.05, 3.63) is 35.9 Å². The van der Waals surface area contributed by atoms with Crippen LogP contribution in [-0.4, -0.2) is 19.0 Å². The molecule has 1 rings (SSSR count). The molecule has 0 saturated heterocycles. The summed E-state index contributed by atoms with van der Waals surface area (Å²) in [7, 11) is 2.30. The van der Waals surface area contributed by atoms with Gasteiger partial charge in [-0.15, -0.1) is 12.4 Å². The molecule has 0 aromatic heterocycles. The van der Waals surface area contributed by atoms with Crippen LogP contribution >= 0.6 is 12.4 Å². The number of hydrogen-bond acceptors (Lipinski definition) is 1. The molecular weight excluding hydrogens is 158 g/mol. The molecule has 0 fully saturated rings. The molecule has 0 spiro atoms. The molecule has 0 aliphatic heterocycles. The lowest BCUT2D eigenvalue weighted by Crippen LogP contribution is -2.10. The third-order valence-corrected chi connectivity index (χ3v) is 1.30. The molecule has 0 bridgehead atoms. The van der Waals surface area contributed by atoms with Crippen LogP contribution in [0.2, 0.25) is 0 Å². The summed E-state index contributed by atoms with van der Waals surface area (Å²) in [6.07, 6.45) is 0. The monoisotopic (exact) mass is 172 g/mol. The molecule has 0 N–H and O–H groups in total. The second-order valence-corrected chi connectivity index (χ2v) is 2.50. The predicted molar refractivity (Wildman–Crippen MR) is 51.1 cm³/mol. The van der Waals surface area contributed by atoms with Crippen molar-refractivity contribution in [2.24, 2.45) is 0 Å². The minimum Gasteiger partial charge on any atom is -0.305 e. The van der Waals surface area contributed by atoms with Gasteiger partial charge >= 0.3 is 0 Å². The lowest BCUT2D eigenvalue weighted by Gasteiger charge is -2.08. The van der Waals surface area contributed by atoms with Crippen molar-refractivity contribution in [3.8, 4) is 0 Å². The molecule has 0 saturated carbocycles. The van der Waals surface area contributed by atoms with E-state index in [1.165, 1.54) is 5.56 Å². The Hall–Kier alpha value is -0.530.